The Hall–Kier alpha value is -2.11. The third kappa shape index (κ3) is 3.84. The summed E-state index contributed by atoms with van der Waals surface area (Å²) in [6.45, 7) is 3.74. The van der Waals surface area contributed by atoms with E-state index in [2.05, 4.69) is 60.2 Å². The van der Waals surface area contributed by atoms with Gasteiger partial charge in [-0.05, 0) is 31.6 Å². The molecule has 138 valence electrons. The van der Waals surface area contributed by atoms with Crippen molar-refractivity contribution in [1.82, 2.24) is 19.4 Å². The second kappa shape index (κ2) is 8.06. The molecule has 2 heterocycles. The molecule has 6 heteroatoms. The molecule has 0 saturated carbocycles. The Balaban J connectivity index is 2.08. The molecule has 1 aromatic carbocycles. The first-order chi connectivity index (χ1) is 12.5. The maximum absolute atomic E-state index is 10.3. The molecule has 0 spiro atoms. The summed E-state index contributed by atoms with van der Waals surface area (Å²) in [4.78, 5) is 10.7. The summed E-state index contributed by atoms with van der Waals surface area (Å²) >= 11 is 6.51. The largest absolute Gasteiger partial charge is 0.480 e. The maximum atomic E-state index is 10.3. The summed E-state index contributed by atoms with van der Waals surface area (Å²) in [5.41, 5.74) is 4.43. The summed E-state index contributed by atoms with van der Waals surface area (Å²) in [5, 5.41) is 10.9. The van der Waals surface area contributed by atoms with Crippen LogP contribution in [0, 0.1) is 0 Å². The number of unbranched alkanes of at least 4 members (excludes halogenated alkanes) is 2. The molecule has 0 aliphatic carbocycles. The fourth-order valence-corrected chi connectivity index (χ4v) is 3.46. The Labute approximate surface area is 159 Å². The molecule has 0 amide bonds. The van der Waals surface area contributed by atoms with E-state index in [0.29, 0.717) is 17.2 Å². The van der Waals surface area contributed by atoms with Crippen LogP contribution in [0.5, 0.6) is 6.01 Å². The van der Waals surface area contributed by atoms with Crippen LogP contribution in [0.2, 0.25) is 5.02 Å². The molecular formula is C20H25ClN4O. The number of rotatable bonds is 7. The number of halogens is 1. The lowest BCUT2D eigenvalue weighted by molar-refractivity contribution is 0.397. The minimum Gasteiger partial charge on any atom is -0.480 e. The number of aromatic nitrogens is 3. The SMILES string of the molecule is CCCCCn1c(O)nc2ncc(Cl)c(-c3ccc(CN(C)C)cc3)c21. The fourth-order valence-electron chi connectivity index (χ4n) is 3.21. The van der Waals surface area contributed by atoms with Gasteiger partial charge < -0.3 is 10.0 Å². The van der Waals surface area contributed by atoms with Gasteiger partial charge in [0.1, 0.15) is 0 Å². The predicted molar refractivity (Wildman–Crippen MR) is 107 cm³/mol. The molecule has 5 nitrogen and oxygen atoms in total. The summed E-state index contributed by atoms with van der Waals surface area (Å²) in [6.07, 6.45) is 4.80. The van der Waals surface area contributed by atoms with Crippen molar-refractivity contribution in [2.75, 3.05) is 14.1 Å². The molecule has 3 rings (SSSR count). The van der Waals surface area contributed by atoms with Crippen LogP contribution in [-0.2, 0) is 13.1 Å². The van der Waals surface area contributed by atoms with Gasteiger partial charge >= 0.3 is 0 Å². The van der Waals surface area contributed by atoms with Crippen LogP contribution in [0.1, 0.15) is 31.7 Å². The van der Waals surface area contributed by atoms with Crippen molar-refractivity contribution >= 4 is 22.8 Å². The highest BCUT2D eigenvalue weighted by molar-refractivity contribution is 6.34. The molecule has 0 atom stereocenters. The Morgan fingerprint density at radius 2 is 1.88 bits per heavy atom. The van der Waals surface area contributed by atoms with Gasteiger partial charge in [-0.15, -0.1) is 0 Å². The number of aryl methyl sites for hydroxylation is 1. The average Bonchev–Trinajstić information content (AvgIpc) is 2.91. The van der Waals surface area contributed by atoms with Gasteiger partial charge in [0.15, 0.2) is 5.65 Å². The van der Waals surface area contributed by atoms with E-state index in [-0.39, 0.29) is 6.01 Å². The number of benzene rings is 1. The van der Waals surface area contributed by atoms with Crippen molar-refractivity contribution in [3.8, 4) is 17.1 Å². The van der Waals surface area contributed by atoms with Gasteiger partial charge in [0.2, 0.25) is 0 Å². The van der Waals surface area contributed by atoms with E-state index in [1.54, 1.807) is 6.20 Å². The highest BCUT2D eigenvalue weighted by atomic mass is 35.5. The lowest BCUT2D eigenvalue weighted by Gasteiger charge is -2.13. The minimum atomic E-state index is -0.00338. The average molecular weight is 373 g/mol. The maximum Gasteiger partial charge on any atom is 0.296 e. The van der Waals surface area contributed by atoms with Crippen molar-refractivity contribution in [2.45, 2.75) is 39.3 Å². The molecule has 0 saturated heterocycles. The Bertz CT molecular complexity index is 887. The summed E-state index contributed by atoms with van der Waals surface area (Å²) in [6, 6.07) is 8.35. The lowest BCUT2D eigenvalue weighted by Crippen LogP contribution is -2.10. The highest BCUT2D eigenvalue weighted by Crippen LogP contribution is 2.36. The van der Waals surface area contributed by atoms with E-state index in [4.69, 9.17) is 11.6 Å². The molecular weight excluding hydrogens is 348 g/mol. The van der Waals surface area contributed by atoms with Crippen molar-refractivity contribution in [3.05, 3.63) is 41.0 Å². The van der Waals surface area contributed by atoms with Crippen LogP contribution in [0.3, 0.4) is 0 Å². The lowest BCUT2D eigenvalue weighted by atomic mass is 10.0. The highest BCUT2D eigenvalue weighted by Gasteiger charge is 2.18. The molecule has 1 N–H and O–H groups in total. The van der Waals surface area contributed by atoms with Gasteiger partial charge in [0, 0.05) is 24.8 Å². The van der Waals surface area contributed by atoms with E-state index < -0.39 is 0 Å². The van der Waals surface area contributed by atoms with Gasteiger partial charge in [0.05, 0.1) is 10.5 Å². The molecule has 26 heavy (non-hydrogen) atoms. The minimum absolute atomic E-state index is 0.00338. The van der Waals surface area contributed by atoms with Crippen LogP contribution >= 0.6 is 11.6 Å². The quantitative estimate of drug-likeness (QED) is 0.610. The van der Waals surface area contributed by atoms with Crippen LogP contribution in [0.4, 0.5) is 0 Å². The van der Waals surface area contributed by atoms with E-state index in [1.165, 1.54) is 5.56 Å². The first-order valence-electron chi connectivity index (χ1n) is 8.99. The summed E-state index contributed by atoms with van der Waals surface area (Å²) in [5.74, 6) is 0. The predicted octanol–water partition coefficient (Wildman–Crippen LogP) is 4.71. The van der Waals surface area contributed by atoms with Crippen molar-refractivity contribution in [2.24, 2.45) is 0 Å². The second-order valence-electron chi connectivity index (χ2n) is 6.86. The zero-order chi connectivity index (χ0) is 18.7. The topological polar surface area (TPSA) is 54.2 Å². The second-order valence-corrected chi connectivity index (χ2v) is 7.27. The monoisotopic (exact) mass is 372 g/mol. The van der Waals surface area contributed by atoms with E-state index in [1.807, 2.05) is 4.57 Å². The first kappa shape index (κ1) is 18.7. The zero-order valence-corrected chi connectivity index (χ0v) is 16.3. The van der Waals surface area contributed by atoms with Gasteiger partial charge in [-0.3, -0.25) is 4.57 Å². The number of imidazole rings is 1. The molecule has 0 bridgehead atoms. The fraction of sp³-hybridized carbons (Fsp3) is 0.400. The van der Waals surface area contributed by atoms with Crippen molar-refractivity contribution in [1.29, 1.82) is 0 Å². The molecule has 2 aromatic heterocycles. The first-order valence-corrected chi connectivity index (χ1v) is 9.36. The standard InChI is InChI=1S/C20H25ClN4O/c1-4-5-6-11-25-18-17(16(21)12-22-19(18)23-20(25)26)15-9-7-14(8-10-15)13-24(2)3/h7-10,12H,4-6,11,13H2,1-3H3,(H,22,23,26). The molecule has 0 radical (unpaired) electrons. The van der Waals surface area contributed by atoms with Crippen molar-refractivity contribution in [3.63, 3.8) is 0 Å². The van der Waals surface area contributed by atoms with Crippen LogP contribution < -0.4 is 0 Å². The van der Waals surface area contributed by atoms with Crippen LogP contribution in [0.15, 0.2) is 30.5 Å². The number of nitrogens with zero attached hydrogens (tertiary/aromatic N) is 4. The summed E-state index contributed by atoms with van der Waals surface area (Å²) < 4.78 is 1.83. The van der Waals surface area contributed by atoms with E-state index in [0.717, 1.165) is 42.5 Å². The molecule has 0 aliphatic heterocycles. The van der Waals surface area contributed by atoms with Gasteiger partial charge in [-0.1, -0.05) is 55.6 Å². The van der Waals surface area contributed by atoms with Crippen LogP contribution in [0.25, 0.3) is 22.3 Å². The molecule has 0 unspecified atom stereocenters. The van der Waals surface area contributed by atoms with Gasteiger partial charge in [-0.25, -0.2) is 4.98 Å². The molecule has 3 aromatic rings. The van der Waals surface area contributed by atoms with Gasteiger partial charge in [-0.2, -0.15) is 4.98 Å². The van der Waals surface area contributed by atoms with Crippen LogP contribution in [-0.4, -0.2) is 38.6 Å². The zero-order valence-electron chi connectivity index (χ0n) is 15.5. The van der Waals surface area contributed by atoms with E-state index in [9.17, 15) is 5.11 Å². The van der Waals surface area contributed by atoms with Gasteiger partial charge in [0.25, 0.3) is 6.01 Å². The third-order valence-electron chi connectivity index (χ3n) is 4.43. The molecule has 0 aliphatic rings. The Morgan fingerprint density at radius 1 is 1.15 bits per heavy atom. The number of hydrogen-bond acceptors (Lipinski definition) is 4. The Morgan fingerprint density at radius 3 is 2.54 bits per heavy atom. The number of hydrogen-bond donors (Lipinski definition) is 1. The van der Waals surface area contributed by atoms with E-state index >= 15 is 0 Å². The Kier molecular flexibility index (Phi) is 5.79. The van der Waals surface area contributed by atoms with Crippen molar-refractivity contribution < 1.29 is 5.11 Å². The number of fused-ring (bicyclic) bond motifs is 1. The molecule has 0 fully saturated rings. The number of pyridine rings is 1. The smallest absolute Gasteiger partial charge is 0.296 e. The number of aromatic hydroxyl groups is 1. The summed E-state index contributed by atoms with van der Waals surface area (Å²) in [7, 11) is 4.10. The third-order valence-corrected chi connectivity index (χ3v) is 4.72. The normalized spacial score (nSPS) is 11.6.